The molecule has 3 N–H and O–H groups in total. The molecule has 0 aromatic heterocycles. The fraction of sp³-hybridized carbons (Fsp3) is 0.333. The summed E-state index contributed by atoms with van der Waals surface area (Å²) in [4.78, 5) is 22.6. The Hall–Kier alpha value is -2.11. The lowest BCUT2D eigenvalue weighted by atomic mass is 10.2. The molecule has 18 heavy (non-hydrogen) atoms. The van der Waals surface area contributed by atoms with E-state index in [0.29, 0.717) is 6.54 Å². The molecule has 2 amide bonds. The van der Waals surface area contributed by atoms with Gasteiger partial charge in [-0.3, -0.25) is 9.59 Å². The third kappa shape index (κ3) is 4.40. The second-order valence-electron chi connectivity index (χ2n) is 3.67. The molecule has 0 saturated carbocycles. The van der Waals surface area contributed by atoms with Crippen molar-refractivity contribution in [1.82, 2.24) is 5.32 Å². The summed E-state index contributed by atoms with van der Waals surface area (Å²) in [6, 6.07) is 3.34. The molecule has 0 spiro atoms. The van der Waals surface area contributed by atoms with Crippen LogP contribution in [-0.4, -0.2) is 23.5 Å². The highest BCUT2D eigenvalue weighted by Crippen LogP contribution is 2.20. The lowest BCUT2D eigenvalue weighted by Gasteiger charge is -2.06. The van der Waals surface area contributed by atoms with Gasteiger partial charge in [0.05, 0.1) is 5.69 Å². The van der Waals surface area contributed by atoms with E-state index < -0.39 is 11.7 Å². The van der Waals surface area contributed by atoms with Gasteiger partial charge in [-0.1, -0.05) is 0 Å². The van der Waals surface area contributed by atoms with E-state index in [0.717, 1.165) is 12.1 Å². The number of phenols is 1. The first-order valence-electron chi connectivity index (χ1n) is 5.58. The van der Waals surface area contributed by atoms with Crippen molar-refractivity contribution >= 4 is 17.5 Å². The highest BCUT2D eigenvalue weighted by atomic mass is 19.1. The molecular weight excluding hydrogens is 239 g/mol. The molecule has 0 bridgehead atoms. The molecule has 0 fully saturated rings. The van der Waals surface area contributed by atoms with Gasteiger partial charge in [-0.2, -0.15) is 0 Å². The molecule has 0 radical (unpaired) electrons. The van der Waals surface area contributed by atoms with E-state index >= 15 is 0 Å². The van der Waals surface area contributed by atoms with Gasteiger partial charge < -0.3 is 15.7 Å². The standard InChI is InChI=1S/C12H15FN2O3/c1-2-14-11(17)5-6-12(18)15-10-7-8(16)3-4-9(10)13/h3-4,7,16H,2,5-6H2,1H3,(H,14,17)(H,15,18). The van der Waals surface area contributed by atoms with Crippen molar-refractivity contribution in [3.8, 4) is 5.75 Å². The first-order chi connectivity index (χ1) is 8.52. The molecule has 0 aliphatic heterocycles. The van der Waals surface area contributed by atoms with Gasteiger partial charge >= 0.3 is 0 Å². The number of aromatic hydroxyl groups is 1. The normalized spacial score (nSPS) is 9.89. The summed E-state index contributed by atoms with van der Waals surface area (Å²) in [6.45, 7) is 2.28. The summed E-state index contributed by atoms with van der Waals surface area (Å²) in [5.41, 5.74) is -0.101. The number of hydrogen-bond donors (Lipinski definition) is 3. The Kier molecular flexibility index (Phi) is 5.10. The van der Waals surface area contributed by atoms with Crippen molar-refractivity contribution in [2.24, 2.45) is 0 Å². The second kappa shape index (κ2) is 6.58. The average Bonchev–Trinajstić information content (AvgIpc) is 2.32. The Morgan fingerprint density at radius 1 is 1.28 bits per heavy atom. The molecule has 0 heterocycles. The lowest BCUT2D eigenvalue weighted by Crippen LogP contribution is -2.24. The third-order valence-electron chi connectivity index (χ3n) is 2.18. The molecule has 0 aliphatic carbocycles. The van der Waals surface area contributed by atoms with Gasteiger partial charge in [0.25, 0.3) is 0 Å². The van der Waals surface area contributed by atoms with Crippen LogP contribution in [-0.2, 0) is 9.59 Å². The zero-order chi connectivity index (χ0) is 13.5. The predicted molar refractivity (Wildman–Crippen MR) is 64.6 cm³/mol. The van der Waals surface area contributed by atoms with E-state index in [1.165, 1.54) is 6.07 Å². The Morgan fingerprint density at radius 3 is 2.61 bits per heavy atom. The first kappa shape index (κ1) is 14.0. The number of hydrogen-bond acceptors (Lipinski definition) is 3. The van der Waals surface area contributed by atoms with E-state index in [1.54, 1.807) is 6.92 Å². The molecule has 1 aromatic carbocycles. The number of halogens is 1. The van der Waals surface area contributed by atoms with Gasteiger partial charge in [0.15, 0.2) is 0 Å². The van der Waals surface area contributed by atoms with Crippen LogP contribution in [0.1, 0.15) is 19.8 Å². The molecule has 1 aromatic rings. The molecule has 98 valence electrons. The summed E-state index contributed by atoms with van der Waals surface area (Å²) in [5.74, 6) is -1.50. The van der Waals surface area contributed by atoms with E-state index in [2.05, 4.69) is 10.6 Å². The van der Waals surface area contributed by atoms with Crippen molar-refractivity contribution in [2.45, 2.75) is 19.8 Å². The molecule has 1 rings (SSSR count). The van der Waals surface area contributed by atoms with Gasteiger partial charge in [-0.15, -0.1) is 0 Å². The van der Waals surface area contributed by atoms with Crippen molar-refractivity contribution in [1.29, 1.82) is 0 Å². The Morgan fingerprint density at radius 2 is 1.94 bits per heavy atom. The summed E-state index contributed by atoms with van der Waals surface area (Å²) in [7, 11) is 0. The van der Waals surface area contributed by atoms with Crippen LogP contribution in [0.3, 0.4) is 0 Å². The summed E-state index contributed by atoms with van der Waals surface area (Å²) in [6.07, 6.45) is 0.00103. The molecule has 0 saturated heterocycles. The fourth-order valence-electron chi connectivity index (χ4n) is 1.33. The Balaban J connectivity index is 2.49. The maximum atomic E-state index is 13.2. The number of carbonyl (C=O) groups excluding carboxylic acids is 2. The minimum absolute atomic E-state index is 0.0407. The average molecular weight is 254 g/mol. The predicted octanol–water partition coefficient (Wildman–Crippen LogP) is 1.39. The molecule has 5 nitrogen and oxygen atoms in total. The van der Waals surface area contributed by atoms with Crippen molar-refractivity contribution in [3.05, 3.63) is 24.0 Å². The van der Waals surface area contributed by atoms with Crippen LogP contribution in [0.2, 0.25) is 0 Å². The summed E-state index contributed by atoms with van der Waals surface area (Å²) < 4.78 is 13.2. The van der Waals surface area contributed by atoms with Crippen LogP contribution < -0.4 is 10.6 Å². The largest absolute Gasteiger partial charge is 0.508 e. The second-order valence-corrected chi connectivity index (χ2v) is 3.67. The lowest BCUT2D eigenvalue weighted by molar-refractivity contribution is -0.124. The number of phenolic OH excluding ortho intramolecular Hbond substituents is 1. The van der Waals surface area contributed by atoms with Gasteiger partial charge in [0.1, 0.15) is 11.6 Å². The number of benzene rings is 1. The van der Waals surface area contributed by atoms with Gasteiger partial charge in [0, 0.05) is 25.5 Å². The Bertz CT molecular complexity index is 449. The molecule has 0 aliphatic rings. The molecular formula is C12H15FN2O3. The van der Waals surface area contributed by atoms with E-state index in [4.69, 9.17) is 5.11 Å². The zero-order valence-electron chi connectivity index (χ0n) is 10.00. The van der Waals surface area contributed by atoms with Crippen LogP contribution >= 0.6 is 0 Å². The SMILES string of the molecule is CCNC(=O)CCC(=O)Nc1cc(O)ccc1F. The van der Waals surface area contributed by atoms with Gasteiger partial charge in [-0.05, 0) is 19.1 Å². The minimum atomic E-state index is -0.640. The highest BCUT2D eigenvalue weighted by Gasteiger charge is 2.09. The van der Waals surface area contributed by atoms with E-state index in [-0.39, 0.29) is 30.2 Å². The monoisotopic (exact) mass is 254 g/mol. The minimum Gasteiger partial charge on any atom is -0.508 e. The highest BCUT2D eigenvalue weighted by molar-refractivity contribution is 5.93. The van der Waals surface area contributed by atoms with Crippen LogP contribution in [0, 0.1) is 5.82 Å². The first-order valence-corrected chi connectivity index (χ1v) is 5.58. The number of carbonyl (C=O) groups is 2. The van der Waals surface area contributed by atoms with Crippen molar-refractivity contribution < 1.29 is 19.1 Å². The summed E-state index contributed by atoms with van der Waals surface area (Å²) >= 11 is 0. The maximum Gasteiger partial charge on any atom is 0.224 e. The van der Waals surface area contributed by atoms with Gasteiger partial charge in [0.2, 0.25) is 11.8 Å². The smallest absolute Gasteiger partial charge is 0.224 e. The van der Waals surface area contributed by atoms with Crippen LogP contribution in [0.25, 0.3) is 0 Å². The van der Waals surface area contributed by atoms with Crippen molar-refractivity contribution in [3.63, 3.8) is 0 Å². The van der Waals surface area contributed by atoms with Crippen LogP contribution in [0.5, 0.6) is 5.75 Å². The van der Waals surface area contributed by atoms with Crippen LogP contribution in [0.4, 0.5) is 10.1 Å². The zero-order valence-corrected chi connectivity index (χ0v) is 10.00. The number of rotatable bonds is 5. The van der Waals surface area contributed by atoms with Crippen LogP contribution in [0.15, 0.2) is 18.2 Å². The van der Waals surface area contributed by atoms with Crippen molar-refractivity contribution in [2.75, 3.05) is 11.9 Å². The number of anilines is 1. The molecule has 6 heteroatoms. The topological polar surface area (TPSA) is 78.4 Å². The quantitative estimate of drug-likeness (QED) is 0.743. The number of amides is 2. The maximum absolute atomic E-state index is 13.2. The van der Waals surface area contributed by atoms with E-state index in [1.807, 2.05) is 0 Å². The van der Waals surface area contributed by atoms with Gasteiger partial charge in [-0.25, -0.2) is 4.39 Å². The van der Waals surface area contributed by atoms with E-state index in [9.17, 15) is 14.0 Å². The molecule has 0 atom stereocenters. The Labute approximate surface area is 104 Å². The fourth-order valence-corrected chi connectivity index (χ4v) is 1.33. The third-order valence-corrected chi connectivity index (χ3v) is 2.18. The summed E-state index contributed by atoms with van der Waals surface area (Å²) in [5, 5.41) is 14.0. The number of nitrogens with one attached hydrogen (secondary N) is 2. The molecule has 0 unspecified atom stereocenters.